The first-order valence-electron chi connectivity index (χ1n) is 10.8. The highest BCUT2D eigenvalue weighted by molar-refractivity contribution is 7.16. The minimum atomic E-state index is -2.29. The van der Waals surface area contributed by atoms with Crippen molar-refractivity contribution in [2.45, 2.75) is 39.5 Å². The molecule has 0 aromatic heterocycles. The molecule has 0 N–H and O–H groups in total. The number of rotatable bonds is 7. The fourth-order valence-corrected chi connectivity index (χ4v) is 9.96. The molecule has 4 rings (SSSR count). The molecule has 0 atom stereocenters. The molecule has 29 heavy (non-hydrogen) atoms. The molecule has 0 amide bonds. The van der Waals surface area contributed by atoms with Gasteiger partial charge in [-0.2, -0.15) is 0 Å². The lowest BCUT2D eigenvalue weighted by molar-refractivity contribution is 0.795. The van der Waals surface area contributed by atoms with Crippen LogP contribution in [0.1, 0.15) is 38.7 Å². The smallest absolute Gasteiger partial charge is 0.0806 e. The molecule has 3 aromatic rings. The van der Waals surface area contributed by atoms with Gasteiger partial charge in [-0.1, -0.05) is 121 Å². The Balaban J connectivity index is 1.97. The Morgan fingerprint density at radius 1 is 0.724 bits per heavy atom. The molecule has 146 valence electrons. The normalized spacial score (nSPS) is 13.9. The van der Waals surface area contributed by atoms with Gasteiger partial charge in [0.25, 0.3) is 0 Å². The van der Waals surface area contributed by atoms with E-state index < -0.39 is 8.07 Å². The van der Waals surface area contributed by atoms with E-state index >= 15 is 0 Å². The molecule has 3 aromatic carbocycles. The molecule has 0 heterocycles. The van der Waals surface area contributed by atoms with Gasteiger partial charge in [0.05, 0.1) is 0 Å². The van der Waals surface area contributed by atoms with E-state index in [-0.39, 0.29) is 0 Å². The highest BCUT2D eigenvalue weighted by Crippen LogP contribution is 2.28. The van der Waals surface area contributed by atoms with Crippen molar-refractivity contribution in [1.29, 1.82) is 0 Å². The monoisotopic (exact) mass is 394 g/mol. The van der Waals surface area contributed by atoms with Crippen LogP contribution in [0.15, 0.2) is 108 Å². The van der Waals surface area contributed by atoms with Gasteiger partial charge in [0.15, 0.2) is 8.07 Å². The van der Waals surface area contributed by atoms with E-state index in [0.29, 0.717) is 0 Å². The summed E-state index contributed by atoms with van der Waals surface area (Å²) in [6.45, 7) is 4.56. The summed E-state index contributed by atoms with van der Waals surface area (Å²) in [7, 11) is -2.29. The van der Waals surface area contributed by atoms with E-state index in [2.05, 4.69) is 111 Å². The van der Waals surface area contributed by atoms with Crippen LogP contribution in [-0.4, -0.2) is 8.07 Å². The Morgan fingerprint density at radius 2 is 1.28 bits per heavy atom. The maximum absolute atomic E-state index is 2.43. The third-order valence-electron chi connectivity index (χ3n) is 6.24. The Bertz CT molecular complexity index is 956. The Hall–Kier alpha value is -2.64. The molecule has 0 nitrogen and oxygen atoms in total. The highest BCUT2D eigenvalue weighted by atomic mass is 28.3. The van der Waals surface area contributed by atoms with Gasteiger partial charge < -0.3 is 0 Å². The lowest BCUT2D eigenvalue weighted by atomic mass is 10.1. The van der Waals surface area contributed by atoms with Crippen molar-refractivity contribution in [2.24, 2.45) is 0 Å². The van der Waals surface area contributed by atoms with Gasteiger partial charge >= 0.3 is 0 Å². The lowest BCUT2D eigenvalue weighted by Crippen LogP contribution is -2.68. The fraction of sp³-hybridized carbons (Fsp3) is 0.214. The lowest BCUT2D eigenvalue weighted by Gasteiger charge is -2.36. The average Bonchev–Trinajstić information content (AvgIpc) is 3.21. The molecule has 1 heteroatoms. The Labute approximate surface area is 176 Å². The number of benzene rings is 3. The number of unbranched alkanes of at least 4 members (excludes halogenated alkanes) is 1. The van der Waals surface area contributed by atoms with Gasteiger partial charge in [-0.3, -0.25) is 0 Å². The molecule has 0 aliphatic heterocycles. The van der Waals surface area contributed by atoms with E-state index in [9.17, 15) is 0 Å². The molecular formula is C28H30Si. The first-order valence-corrected chi connectivity index (χ1v) is 12.8. The Morgan fingerprint density at radius 3 is 1.76 bits per heavy atom. The maximum Gasteiger partial charge on any atom is 0.176 e. The predicted octanol–water partition coefficient (Wildman–Crippen LogP) is 5.32. The van der Waals surface area contributed by atoms with Crippen LogP contribution in [0.2, 0.25) is 0 Å². The zero-order chi connectivity index (χ0) is 20.1. The number of aryl methyl sites for hydroxylation is 1. The molecule has 0 radical (unpaired) electrons. The van der Waals surface area contributed by atoms with Gasteiger partial charge in [-0.05, 0) is 47.3 Å². The standard InChI is InChI=1S/C28H30Si/c1-3-4-13-24-19-21-27(22-20-24)29(25-14-7-5-8-15-25,26-16-9-6-10-17-26)28-18-11-12-23(28)2/h5-12,14-17,19-22H,3-4,13,18H2,1-2H3. The minimum absolute atomic E-state index is 1.05. The Kier molecular flexibility index (Phi) is 5.96. The quantitative estimate of drug-likeness (QED) is 0.376. The van der Waals surface area contributed by atoms with E-state index in [1.54, 1.807) is 5.20 Å². The summed E-state index contributed by atoms with van der Waals surface area (Å²) in [6.07, 6.45) is 9.39. The van der Waals surface area contributed by atoms with Crippen molar-refractivity contribution in [2.75, 3.05) is 0 Å². The van der Waals surface area contributed by atoms with Crippen LogP contribution >= 0.6 is 0 Å². The molecule has 0 bridgehead atoms. The van der Waals surface area contributed by atoms with Crippen molar-refractivity contribution in [3.63, 3.8) is 0 Å². The van der Waals surface area contributed by atoms with Crippen molar-refractivity contribution >= 4 is 23.6 Å². The van der Waals surface area contributed by atoms with Crippen LogP contribution in [-0.2, 0) is 6.42 Å². The SMILES string of the molecule is CCCCc1ccc([Si](C2=C(C)C=CC2)(c2ccccc2)c2ccccc2)cc1. The molecule has 0 fully saturated rings. The molecule has 0 saturated heterocycles. The molecule has 0 unspecified atom stereocenters. The van der Waals surface area contributed by atoms with Gasteiger partial charge in [0.2, 0.25) is 0 Å². The van der Waals surface area contributed by atoms with Crippen molar-refractivity contribution in [3.8, 4) is 0 Å². The van der Waals surface area contributed by atoms with E-state index in [1.807, 2.05) is 0 Å². The molecule has 0 spiro atoms. The van der Waals surface area contributed by atoms with Crippen LogP contribution in [0.4, 0.5) is 0 Å². The number of hydrogen-bond donors (Lipinski definition) is 0. The van der Waals surface area contributed by atoms with Crippen LogP contribution < -0.4 is 15.6 Å². The van der Waals surface area contributed by atoms with Crippen LogP contribution in [0, 0.1) is 0 Å². The summed E-state index contributed by atoms with van der Waals surface area (Å²) in [6, 6.07) is 32.1. The third kappa shape index (κ3) is 3.67. The fourth-order valence-electron chi connectivity index (χ4n) is 4.77. The summed E-state index contributed by atoms with van der Waals surface area (Å²) in [5.74, 6) is 0. The molecular weight excluding hydrogens is 364 g/mol. The van der Waals surface area contributed by atoms with E-state index in [4.69, 9.17) is 0 Å². The van der Waals surface area contributed by atoms with E-state index in [0.717, 1.165) is 6.42 Å². The predicted molar refractivity (Wildman–Crippen MR) is 129 cm³/mol. The summed E-state index contributed by atoms with van der Waals surface area (Å²) in [5, 5.41) is 6.07. The van der Waals surface area contributed by atoms with Gasteiger partial charge in [-0.15, -0.1) is 0 Å². The largest absolute Gasteiger partial charge is 0.176 e. The molecule has 1 aliphatic rings. The van der Waals surface area contributed by atoms with Gasteiger partial charge in [-0.25, -0.2) is 0 Å². The van der Waals surface area contributed by atoms with Crippen molar-refractivity contribution in [3.05, 3.63) is 113 Å². The zero-order valence-electron chi connectivity index (χ0n) is 17.6. The topological polar surface area (TPSA) is 0 Å². The first-order chi connectivity index (χ1) is 14.3. The van der Waals surface area contributed by atoms with Crippen LogP contribution in [0.5, 0.6) is 0 Å². The van der Waals surface area contributed by atoms with Crippen LogP contribution in [0.3, 0.4) is 0 Å². The second-order valence-electron chi connectivity index (χ2n) is 8.05. The van der Waals surface area contributed by atoms with Crippen molar-refractivity contribution < 1.29 is 0 Å². The first kappa shape index (κ1) is 19.7. The molecule has 1 aliphatic carbocycles. The summed E-state index contributed by atoms with van der Waals surface area (Å²) < 4.78 is 0. The van der Waals surface area contributed by atoms with Gasteiger partial charge in [0, 0.05) is 0 Å². The number of allylic oxidation sites excluding steroid dienone is 4. The summed E-state index contributed by atoms with van der Waals surface area (Å²) in [4.78, 5) is 0. The van der Waals surface area contributed by atoms with Crippen molar-refractivity contribution in [1.82, 2.24) is 0 Å². The minimum Gasteiger partial charge on any atom is -0.0806 e. The summed E-state index contributed by atoms with van der Waals surface area (Å²) >= 11 is 0. The summed E-state index contributed by atoms with van der Waals surface area (Å²) in [5.41, 5.74) is 2.90. The van der Waals surface area contributed by atoms with Crippen LogP contribution in [0.25, 0.3) is 0 Å². The average molecular weight is 395 g/mol. The van der Waals surface area contributed by atoms with E-state index in [1.165, 1.54) is 46.0 Å². The maximum atomic E-state index is 2.43. The second kappa shape index (κ2) is 8.80. The molecule has 0 saturated carbocycles. The third-order valence-corrected chi connectivity index (χ3v) is 11.3. The number of hydrogen-bond acceptors (Lipinski definition) is 0. The van der Waals surface area contributed by atoms with Gasteiger partial charge in [0.1, 0.15) is 0 Å². The highest BCUT2D eigenvalue weighted by Gasteiger charge is 2.43. The second-order valence-corrected chi connectivity index (χ2v) is 11.9. The zero-order valence-corrected chi connectivity index (χ0v) is 18.6.